The number of amidine groups is 1. The van der Waals surface area contributed by atoms with E-state index in [0.29, 0.717) is 28.8 Å². The van der Waals surface area contributed by atoms with E-state index in [2.05, 4.69) is 10.3 Å². The summed E-state index contributed by atoms with van der Waals surface area (Å²) in [4.78, 5) is 27.0. The molecule has 20 heavy (non-hydrogen) atoms. The number of thioether (sulfide) groups is 1. The minimum atomic E-state index is -0.318. The van der Waals surface area contributed by atoms with E-state index in [0.717, 1.165) is 12.8 Å². The number of ether oxygens (including phenoxy) is 1. The number of aliphatic imine (C=N–C) groups is 1. The van der Waals surface area contributed by atoms with Crippen LogP contribution in [-0.4, -0.2) is 29.4 Å². The third kappa shape index (κ3) is 4.09. The van der Waals surface area contributed by atoms with Gasteiger partial charge in [-0.15, -0.1) is 0 Å². The van der Waals surface area contributed by atoms with Crippen LogP contribution in [0.1, 0.15) is 30.1 Å². The van der Waals surface area contributed by atoms with E-state index in [-0.39, 0.29) is 11.9 Å². The number of carbonyl (C=O) groups is 2. The van der Waals surface area contributed by atoms with Gasteiger partial charge >= 0.3 is 5.97 Å². The summed E-state index contributed by atoms with van der Waals surface area (Å²) in [6.45, 7) is 2.49. The zero-order valence-electron chi connectivity index (χ0n) is 11.2. The molecular formula is C14H16N2O3S. The molecule has 1 amide bonds. The Labute approximate surface area is 121 Å². The molecule has 6 heteroatoms. The first-order chi connectivity index (χ1) is 9.69. The predicted molar refractivity (Wildman–Crippen MR) is 79.3 cm³/mol. The third-order valence-electron chi connectivity index (χ3n) is 2.65. The summed E-state index contributed by atoms with van der Waals surface area (Å²) in [6, 6.07) is 6.81. The minimum absolute atomic E-state index is 0.0372. The molecule has 0 aromatic heterocycles. The first-order valence-electron chi connectivity index (χ1n) is 6.47. The number of nitrogens with zero attached hydrogens (tertiary/aromatic N) is 1. The number of hydrogen-bond acceptors (Lipinski definition) is 5. The van der Waals surface area contributed by atoms with E-state index in [1.165, 1.54) is 11.8 Å². The molecule has 106 valence electrons. The summed E-state index contributed by atoms with van der Waals surface area (Å²) in [5, 5.41) is 3.25. The second-order valence-electron chi connectivity index (χ2n) is 4.29. The average Bonchev–Trinajstić information content (AvgIpc) is 2.85. The molecule has 1 aromatic carbocycles. The van der Waals surface area contributed by atoms with Crippen LogP contribution in [-0.2, 0) is 9.53 Å². The van der Waals surface area contributed by atoms with Crippen LogP contribution in [0.25, 0.3) is 0 Å². The zero-order chi connectivity index (χ0) is 14.4. The van der Waals surface area contributed by atoms with Crippen molar-refractivity contribution in [2.75, 3.05) is 12.4 Å². The standard InChI is InChI=1S/C14H16N2O3S/c1-2-3-8-19-13(18)10-4-6-11(7-5-10)15-14-16-12(17)9-20-14/h4-7H,2-3,8-9H2,1H3,(H,15,16,17). The zero-order valence-corrected chi connectivity index (χ0v) is 12.0. The van der Waals surface area contributed by atoms with Crippen molar-refractivity contribution in [2.24, 2.45) is 4.99 Å². The lowest BCUT2D eigenvalue weighted by atomic mass is 10.2. The molecule has 1 aliphatic heterocycles. The van der Waals surface area contributed by atoms with Gasteiger partial charge in [-0.2, -0.15) is 0 Å². The summed E-state index contributed by atoms with van der Waals surface area (Å²) >= 11 is 1.37. The lowest BCUT2D eigenvalue weighted by Crippen LogP contribution is -2.19. The second-order valence-corrected chi connectivity index (χ2v) is 5.25. The van der Waals surface area contributed by atoms with Gasteiger partial charge in [0.1, 0.15) is 0 Å². The van der Waals surface area contributed by atoms with Gasteiger partial charge in [0, 0.05) is 0 Å². The summed E-state index contributed by atoms with van der Waals surface area (Å²) in [6.07, 6.45) is 1.86. The number of hydrogen-bond donors (Lipinski definition) is 1. The van der Waals surface area contributed by atoms with Crippen molar-refractivity contribution < 1.29 is 14.3 Å². The Morgan fingerprint density at radius 3 is 2.75 bits per heavy atom. The number of nitrogens with one attached hydrogen (secondary N) is 1. The first kappa shape index (κ1) is 14.6. The van der Waals surface area contributed by atoms with Crippen LogP contribution in [0.5, 0.6) is 0 Å². The number of esters is 1. The van der Waals surface area contributed by atoms with Crippen LogP contribution < -0.4 is 5.32 Å². The largest absolute Gasteiger partial charge is 0.462 e. The topological polar surface area (TPSA) is 67.8 Å². The Hall–Kier alpha value is -1.82. The van der Waals surface area contributed by atoms with Crippen molar-refractivity contribution in [3.8, 4) is 0 Å². The SMILES string of the molecule is CCCCOC(=O)c1ccc(N=C2NC(=O)CS2)cc1. The van der Waals surface area contributed by atoms with Crippen LogP contribution in [0.15, 0.2) is 29.3 Å². The molecule has 1 N–H and O–H groups in total. The highest BCUT2D eigenvalue weighted by Crippen LogP contribution is 2.18. The Morgan fingerprint density at radius 2 is 2.15 bits per heavy atom. The molecule has 0 radical (unpaired) electrons. The molecule has 5 nitrogen and oxygen atoms in total. The van der Waals surface area contributed by atoms with E-state index < -0.39 is 0 Å². The van der Waals surface area contributed by atoms with E-state index in [1.807, 2.05) is 6.92 Å². The molecule has 0 spiro atoms. The van der Waals surface area contributed by atoms with Crippen molar-refractivity contribution in [3.63, 3.8) is 0 Å². The third-order valence-corrected chi connectivity index (χ3v) is 3.52. The molecule has 2 rings (SSSR count). The van der Waals surface area contributed by atoms with Gasteiger partial charge in [-0.05, 0) is 30.7 Å². The van der Waals surface area contributed by atoms with E-state index in [9.17, 15) is 9.59 Å². The number of rotatable bonds is 5. The van der Waals surface area contributed by atoms with Gasteiger partial charge in [0.2, 0.25) is 5.91 Å². The molecule has 0 aliphatic carbocycles. The highest BCUT2D eigenvalue weighted by atomic mass is 32.2. The van der Waals surface area contributed by atoms with Gasteiger partial charge in [-0.1, -0.05) is 25.1 Å². The molecule has 1 aromatic rings. The van der Waals surface area contributed by atoms with Gasteiger partial charge in [-0.3, -0.25) is 4.79 Å². The highest BCUT2D eigenvalue weighted by Gasteiger charge is 2.16. The maximum atomic E-state index is 11.7. The molecule has 0 bridgehead atoms. The molecule has 1 fully saturated rings. The van der Waals surface area contributed by atoms with E-state index in [1.54, 1.807) is 24.3 Å². The minimum Gasteiger partial charge on any atom is -0.462 e. The van der Waals surface area contributed by atoms with Crippen LogP contribution >= 0.6 is 11.8 Å². The van der Waals surface area contributed by atoms with Gasteiger partial charge < -0.3 is 10.1 Å². The summed E-state index contributed by atoms with van der Waals surface area (Å²) in [5.41, 5.74) is 1.20. The Balaban J connectivity index is 1.96. The lowest BCUT2D eigenvalue weighted by Gasteiger charge is -2.04. The van der Waals surface area contributed by atoms with Crippen LogP contribution in [0.4, 0.5) is 5.69 Å². The Kier molecular flexibility index (Phi) is 5.17. The number of carbonyl (C=O) groups excluding carboxylic acids is 2. The monoisotopic (exact) mass is 292 g/mol. The van der Waals surface area contributed by atoms with Crippen LogP contribution in [0.3, 0.4) is 0 Å². The fourth-order valence-corrected chi connectivity index (χ4v) is 2.26. The normalized spacial score (nSPS) is 16.2. The smallest absolute Gasteiger partial charge is 0.338 e. The first-order valence-corrected chi connectivity index (χ1v) is 7.46. The van der Waals surface area contributed by atoms with Gasteiger partial charge in [-0.25, -0.2) is 9.79 Å². The molecule has 0 saturated carbocycles. The molecular weight excluding hydrogens is 276 g/mol. The Bertz CT molecular complexity index is 526. The maximum Gasteiger partial charge on any atom is 0.338 e. The van der Waals surface area contributed by atoms with Gasteiger partial charge in [0.15, 0.2) is 5.17 Å². The summed E-state index contributed by atoms with van der Waals surface area (Å²) in [7, 11) is 0. The van der Waals surface area contributed by atoms with Crippen LogP contribution in [0, 0.1) is 0 Å². The molecule has 0 unspecified atom stereocenters. The Morgan fingerprint density at radius 1 is 1.40 bits per heavy atom. The number of amides is 1. The van der Waals surface area contributed by atoms with Crippen molar-refractivity contribution >= 4 is 34.5 Å². The second kappa shape index (κ2) is 7.09. The molecule has 1 aliphatic rings. The fourth-order valence-electron chi connectivity index (χ4n) is 1.57. The van der Waals surface area contributed by atoms with Crippen molar-refractivity contribution in [1.29, 1.82) is 0 Å². The predicted octanol–water partition coefficient (Wildman–Crippen LogP) is 2.49. The van der Waals surface area contributed by atoms with Crippen molar-refractivity contribution in [2.45, 2.75) is 19.8 Å². The maximum absolute atomic E-state index is 11.7. The summed E-state index contributed by atoms with van der Waals surface area (Å²) < 4.78 is 5.12. The van der Waals surface area contributed by atoms with Gasteiger partial charge in [0.05, 0.1) is 23.6 Å². The van der Waals surface area contributed by atoms with E-state index in [4.69, 9.17) is 4.74 Å². The highest BCUT2D eigenvalue weighted by molar-refractivity contribution is 8.15. The molecule has 1 heterocycles. The number of benzene rings is 1. The average molecular weight is 292 g/mol. The summed E-state index contributed by atoms with van der Waals surface area (Å²) in [5.74, 6) is 0.0480. The number of unbranched alkanes of at least 4 members (excludes halogenated alkanes) is 1. The van der Waals surface area contributed by atoms with Crippen molar-refractivity contribution in [3.05, 3.63) is 29.8 Å². The van der Waals surface area contributed by atoms with Gasteiger partial charge in [0.25, 0.3) is 0 Å². The lowest BCUT2D eigenvalue weighted by molar-refractivity contribution is -0.116. The van der Waals surface area contributed by atoms with Crippen molar-refractivity contribution in [1.82, 2.24) is 5.32 Å². The van der Waals surface area contributed by atoms with E-state index >= 15 is 0 Å². The van der Waals surface area contributed by atoms with Crippen LogP contribution in [0.2, 0.25) is 0 Å². The fraction of sp³-hybridized carbons (Fsp3) is 0.357. The molecule has 0 atom stereocenters. The molecule has 1 saturated heterocycles. The quantitative estimate of drug-likeness (QED) is 0.669.